The number of benzene rings is 2. The van der Waals surface area contributed by atoms with E-state index in [0.717, 1.165) is 16.5 Å². The van der Waals surface area contributed by atoms with Crippen molar-refractivity contribution >= 4 is 37.5 Å². The lowest BCUT2D eigenvalue weighted by atomic mass is 9.93. The second kappa shape index (κ2) is 11.1. The number of carbonyl (C=O) groups is 2. The van der Waals surface area contributed by atoms with Gasteiger partial charge in [-0.2, -0.15) is 0 Å². The highest BCUT2D eigenvalue weighted by Crippen LogP contribution is 2.45. The van der Waals surface area contributed by atoms with E-state index in [1.807, 2.05) is 35.9 Å². The molecule has 1 amide bonds. The molecule has 3 aliphatic rings. The zero-order valence-corrected chi connectivity index (χ0v) is 24.0. The Balaban J connectivity index is 1.64. The highest BCUT2D eigenvalue weighted by molar-refractivity contribution is 7.98. The fourth-order valence-electron chi connectivity index (χ4n) is 5.51. The second-order valence-electron chi connectivity index (χ2n) is 9.63. The second-order valence-corrected chi connectivity index (χ2v) is 11.7. The Kier molecular flexibility index (Phi) is 7.48. The van der Waals surface area contributed by atoms with Gasteiger partial charge in [0.15, 0.2) is 17.3 Å². The smallest absolute Gasteiger partial charge is 0.305 e. The summed E-state index contributed by atoms with van der Waals surface area (Å²) in [4.78, 5) is 41.4. The first-order valence-electron chi connectivity index (χ1n) is 12.9. The molecule has 0 saturated carbocycles. The van der Waals surface area contributed by atoms with Crippen LogP contribution in [0.15, 0.2) is 52.3 Å². The number of carbonyl (C=O) groups excluding carboxylic acids is 2. The predicted octanol–water partition coefficient (Wildman–Crippen LogP) is 3.10. The number of pyridine rings is 1. The minimum Gasteiger partial charge on any atom is -0.451 e. The van der Waals surface area contributed by atoms with E-state index in [2.05, 4.69) is 0 Å². The summed E-state index contributed by atoms with van der Waals surface area (Å²) in [5.74, 6) is -2.94. The normalized spacial score (nSPS) is 19.8. The molecular formula is C28H26F2N3O6PS. The van der Waals surface area contributed by atoms with E-state index >= 15 is 4.39 Å². The van der Waals surface area contributed by atoms with Crippen LogP contribution in [-0.4, -0.2) is 60.8 Å². The van der Waals surface area contributed by atoms with Gasteiger partial charge in [0.05, 0.1) is 19.3 Å². The number of esters is 1. The summed E-state index contributed by atoms with van der Waals surface area (Å²) in [7, 11) is 0.0427. The molecule has 1 unspecified atom stereocenters. The highest BCUT2D eigenvalue weighted by atomic mass is 32.2. The van der Waals surface area contributed by atoms with Crippen LogP contribution in [-0.2, 0) is 20.0 Å². The van der Waals surface area contributed by atoms with Gasteiger partial charge >= 0.3 is 5.97 Å². The lowest BCUT2D eigenvalue weighted by Gasteiger charge is -2.51. The fraction of sp³-hybridized carbons (Fsp3) is 0.321. The third-order valence-corrected chi connectivity index (χ3v) is 9.39. The summed E-state index contributed by atoms with van der Waals surface area (Å²) < 4.78 is 47.9. The summed E-state index contributed by atoms with van der Waals surface area (Å²) in [5.41, 5.74) is 1.07. The molecule has 1 fully saturated rings. The van der Waals surface area contributed by atoms with Crippen molar-refractivity contribution in [2.24, 2.45) is 0 Å². The van der Waals surface area contributed by atoms with Gasteiger partial charge in [0.1, 0.15) is 6.17 Å². The van der Waals surface area contributed by atoms with E-state index in [4.69, 9.17) is 14.2 Å². The molecule has 6 rings (SSSR count). The van der Waals surface area contributed by atoms with Crippen LogP contribution in [0.2, 0.25) is 0 Å². The first-order valence-corrected chi connectivity index (χ1v) is 15.4. The summed E-state index contributed by atoms with van der Waals surface area (Å²) >= 11 is 1.40. The van der Waals surface area contributed by atoms with E-state index in [1.54, 1.807) is 21.8 Å². The van der Waals surface area contributed by atoms with Crippen molar-refractivity contribution in [1.82, 2.24) is 9.58 Å². The van der Waals surface area contributed by atoms with Crippen molar-refractivity contribution < 1.29 is 32.6 Å². The van der Waals surface area contributed by atoms with E-state index < -0.39 is 47.9 Å². The van der Waals surface area contributed by atoms with Crippen molar-refractivity contribution in [1.29, 1.82) is 0 Å². The van der Waals surface area contributed by atoms with E-state index in [1.165, 1.54) is 18.7 Å². The first kappa shape index (κ1) is 27.7. The number of ether oxygens (including phenoxy) is 3. The van der Waals surface area contributed by atoms with Gasteiger partial charge < -0.3 is 19.1 Å². The Labute approximate surface area is 240 Å². The summed E-state index contributed by atoms with van der Waals surface area (Å²) in [5, 5.41) is 2.27. The van der Waals surface area contributed by atoms with Crippen LogP contribution in [0.25, 0.3) is 0 Å². The van der Waals surface area contributed by atoms with Crippen LogP contribution in [0.5, 0.6) is 5.75 Å². The molecule has 13 heteroatoms. The van der Waals surface area contributed by atoms with Gasteiger partial charge in [0.2, 0.25) is 18.0 Å². The maximum absolute atomic E-state index is 15.4. The monoisotopic (exact) mass is 601 g/mol. The summed E-state index contributed by atoms with van der Waals surface area (Å²) in [6, 6.07) is 9.61. The van der Waals surface area contributed by atoms with Crippen molar-refractivity contribution in [3.8, 4) is 5.75 Å². The Morgan fingerprint density at radius 1 is 1.17 bits per heavy atom. The molecule has 0 bridgehead atoms. The SMILES string of the molecule is CPc1cn2c(c(OCOC(C)=O)c1=O)C(=O)N1CCOC[C@H]1N2[C@@H]1c2ccccc2SCc2c1ccc(F)c2F. The molecule has 0 aliphatic carbocycles. The van der Waals surface area contributed by atoms with Crippen LogP contribution in [0.3, 0.4) is 0 Å². The molecule has 0 spiro atoms. The largest absolute Gasteiger partial charge is 0.451 e. The van der Waals surface area contributed by atoms with Crippen molar-refractivity contribution in [3.05, 3.63) is 86.8 Å². The topological polar surface area (TPSA) is 90.3 Å². The van der Waals surface area contributed by atoms with Gasteiger partial charge in [-0.3, -0.25) is 24.1 Å². The molecule has 9 nitrogen and oxygen atoms in total. The number of nitrogens with zero attached hydrogens (tertiary/aromatic N) is 3. The van der Waals surface area contributed by atoms with E-state index in [9.17, 15) is 18.8 Å². The number of fused-ring (bicyclic) bond motifs is 4. The van der Waals surface area contributed by atoms with Crippen LogP contribution in [0.1, 0.15) is 40.1 Å². The maximum atomic E-state index is 15.4. The molecule has 3 aromatic rings. The van der Waals surface area contributed by atoms with Crippen molar-refractivity contribution in [2.45, 2.75) is 29.8 Å². The summed E-state index contributed by atoms with van der Waals surface area (Å²) in [6.45, 7) is 3.16. The average molecular weight is 602 g/mol. The lowest BCUT2D eigenvalue weighted by molar-refractivity contribution is -0.147. The Morgan fingerprint density at radius 2 is 1.98 bits per heavy atom. The maximum Gasteiger partial charge on any atom is 0.305 e. The molecule has 2 aromatic carbocycles. The Bertz CT molecular complexity index is 1620. The third-order valence-electron chi connectivity index (χ3n) is 7.38. The molecule has 0 radical (unpaired) electrons. The van der Waals surface area contributed by atoms with E-state index in [-0.39, 0.29) is 51.1 Å². The standard InChI is InChI=1S/C28H26F2N3O6PS/c1-15(34)38-14-39-27-25-28(36)31-9-10-37-12-22(31)33(32(25)11-20(40-2)26(27)35)24-16-7-8-19(29)23(30)18(16)13-41-21-6-4-3-5-17(21)24/h3-8,11,22,24,40H,9-10,12-14H2,1-2H3/t22-,24+/m1/s1. The van der Waals surface area contributed by atoms with Gasteiger partial charge in [-0.05, 0) is 29.9 Å². The molecule has 41 heavy (non-hydrogen) atoms. The number of thioether (sulfide) groups is 1. The van der Waals surface area contributed by atoms with Gasteiger partial charge in [-0.15, -0.1) is 11.8 Å². The third kappa shape index (κ3) is 4.67. The van der Waals surface area contributed by atoms with Gasteiger partial charge in [0, 0.05) is 41.2 Å². The first-order chi connectivity index (χ1) is 19.8. The van der Waals surface area contributed by atoms with Crippen LogP contribution < -0.4 is 20.5 Å². The predicted molar refractivity (Wildman–Crippen MR) is 150 cm³/mol. The van der Waals surface area contributed by atoms with Crippen molar-refractivity contribution in [2.75, 3.05) is 38.2 Å². The highest BCUT2D eigenvalue weighted by Gasteiger charge is 2.46. The zero-order chi connectivity index (χ0) is 28.8. The fourth-order valence-corrected chi connectivity index (χ4v) is 7.22. The number of morpholine rings is 1. The molecular weight excluding hydrogens is 575 g/mol. The zero-order valence-electron chi connectivity index (χ0n) is 22.2. The molecule has 1 saturated heterocycles. The van der Waals surface area contributed by atoms with Gasteiger partial charge in [-0.25, -0.2) is 8.78 Å². The quantitative estimate of drug-likeness (QED) is 0.251. The number of rotatable bonds is 5. The minimum absolute atomic E-state index is 0.0409. The molecule has 4 heterocycles. The Morgan fingerprint density at radius 3 is 2.76 bits per heavy atom. The number of hydrogen-bond acceptors (Lipinski definition) is 8. The molecule has 3 atom stereocenters. The number of aromatic nitrogens is 1. The number of amides is 1. The van der Waals surface area contributed by atoms with Crippen LogP contribution >= 0.6 is 20.3 Å². The van der Waals surface area contributed by atoms with E-state index in [0.29, 0.717) is 10.9 Å². The molecule has 214 valence electrons. The average Bonchev–Trinajstić information content (AvgIpc) is 3.13. The van der Waals surface area contributed by atoms with Gasteiger partial charge in [-0.1, -0.05) is 32.8 Å². The Hall–Kier alpha value is -3.47. The molecule has 3 aliphatic heterocycles. The number of halogens is 2. The van der Waals surface area contributed by atoms with Crippen LogP contribution in [0, 0.1) is 11.6 Å². The molecule has 1 aromatic heterocycles. The number of hydrogen-bond donors (Lipinski definition) is 0. The summed E-state index contributed by atoms with van der Waals surface area (Å²) in [6.07, 6.45) is 0.974. The van der Waals surface area contributed by atoms with Gasteiger partial charge in [0.25, 0.3) is 5.91 Å². The minimum atomic E-state index is -0.940. The van der Waals surface area contributed by atoms with Crippen molar-refractivity contribution in [3.63, 3.8) is 0 Å². The molecule has 0 N–H and O–H groups in total. The van der Waals surface area contributed by atoms with Crippen LogP contribution in [0.4, 0.5) is 8.78 Å². The lowest BCUT2D eigenvalue weighted by Crippen LogP contribution is -2.66.